The van der Waals surface area contributed by atoms with Crippen molar-refractivity contribution in [1.82, 2.24) is 0 Å². The van der Waals surface area contributed by atoms with Gasteiger partial charge in [0.15, 0.2) is 0 Å². The first-order valence-electron chi connectivity index (χ1n) is 16.3. The van der Waals surface area contributed by atoms with Crippen molar-refractivity contribution in [1.29, 1.82) is 0 Å². The Morgan fingerprint density at radius 3 is 0.714 bits per heavy atom. The Bertz CT molecular complexity index is 384. The minimum absolute atomic E-state index is 1.19. The third-order valence-electron chi connectivity index (χ3n) is 8.07. The average Bonchev–Trinajstić information content (AvgIpc) is 2.88. The molecule has 0 saturated heterocycles. The number of rotatable bonds is 30. The van der Waals surface area contributed by atoms with Crippen LogP contribution < -0.4 is 0 Å². The molecule has 0 heterocycles. The summed E-state index contributed by atoms with van der Waals surface area (Å²) >= 11 is 0. The molecule has 0 N–H and O–H groups in total. The first kappa shape index (κ1) is 35.1. The molecule has 2 nitrogen and oxygen atoms in total. The van der Waals surface area contributed by atoms with Gasteiger partial charge in [-0.2, -0.15) is 0 Å². The fourth-order valence-corrected chi connectivity index (χ4v) is 8.25. The first-order chi connectivity index (χ1) is 17.2. The van der Waals surface area contributed by atoms with E-state index >= 15 is 0 Å². The van der Waals surface area contributed by atoms with E-state index in [9.17, 15) is 0 Å². The maximum Gasteiger partial charge on any atom is 0.337 e. The largest absolute Gasteiger partial charge is 0.398 e. The Hall–Kier alpha value is 0.137. The molecule has 0 aliphatic heterocycles. The van der Waals surface area contributed by atoms with Crippen LogP contribution in [0.25, 0.3) is 0 Å². The van der Waals surface area contributed by atoms with Crippen LogP contribution in [-0.2, 0) is 8.85 Å². The zero-order valence-electron chi connectivity index (χ0n) is 25.1. The molecule has 0 unspecified atom stereocenters. The zero-order chi connectivity index (χ0) is 25.7. The van der Waals surface area contributed by atoms with Crippen LogP contribution in [0.2, 0.25) is 12.1 Å². The van der Waals surface area contributed by atoms with Crippen molar-refractivity contribution >= 4 is 8.56 Å². The maximum atomic E-state index is 6.02. The Balaban J connectivity index is 3.56. The molecule has 0 aliphatic rings. The Labute approximate surface area is 224 Å². The van der Waals surface area contributed by atoms with Crippen molar-refractivity contribution in [3.05, 3.63) is 0 Å². The second kappa shape index (κ2) is 28.7. The summed E-state index contributed by atoms with van der Waals surface area (Å²) in [6.45, 7) is 4.60. The highest BCUT2D eigenvalue weighted by atomic mass is 28.4. The summed E-state index contributed by atoms with van der Waals surface area (Å²) in [7, 11) is 1.86. The van der Waals surface area contributed by atoms with Gasteiger partial charge in [-0.05, 0) is 12.1 Å². The summed E-state index contributed by atoms with van der Waals surface area (Å²) in [5.74, 6) is 0. The van der Waals surface area contributed by atoms with Gasteiger partial charge in [0.05, 0.1) is 0 Å². The summed E-state index contributed by atoms with van der Waals surface area (Å²) in [5, 5.41) is 0. The predicted molar refractivity (Wildman–Crippen MR) is 161 cm³/mol. The van der Waals surface area contributed by atoms with E-state index in [0.29, 0.717) is 0 Å². The third kappa shape index (κ3) is 24.2. The zero-order valence-corrected chi connectivity index (χ0v) is 26.1. The molecule has 0 fully saturated rings. The molecule has 212 valence electrons. The maximum absolute atomic E-state index is 6.02. The lowest BCUT2D eigenvalue weighted by Crippen LogP contribution is -2.39. The van der Waals surface area contributed by atoms with Crippen molar-refractivity contribution in [2.45, 2.75) is 193 Å². The van der Waals surface area contributed by atoms with Gasteiger partial charge < -0.3 is 8.85 Å². The van der Waals surface area contributed by atoms with Crippen molar-refractivity contribution < 1.29 is 8.85 Å². The highest BCUT2D eigenvalue weighted by molar-refractivity contribution is 6.67. The molecule has 35 heavy (non-hydrogen) atoms. The van der Waals surface area contributed by atoms with Crippen LogP contribution in [0.3, 0.4) is 0 Å². The molecule has 0 aromatic carbocycles. The van der Waals surface area contributed by atoms with Crippen molar-refractivity contribution in [2.24, 2.45) is 0 Å². The molecule has 0 spiro atoms. The molecule has 0 bridgehead atoms. The molecule has 0 atom stereocenters. The summed E-state index contributed by atoms with van der Waals surface area (Å²) < 4.78 is 12.0. The molecule has 0 aromatic rings. The number of unbranched alkanes of at least 4 members (excludes halogenated alkanes) is 24. The minimum atomic E-state index is -1.94. The second-order valence-corrected chi connectivity index (χ2v) is 14.9. The topological polar surface area (TPSA) is 18.5 Å². The smallest absolute Gasteiger partial charge is 0.337 e. The van der Waals surface area contributed by atoms with E-state index in [1.54, 1.807) is 0 Å². The Kier molecular flexibility index (Phi) is 28.8. The van der Waals surface area contributed by atoms with Gasteiger partial charge in [0, 0.05) is 14.2 Å². The molecular weight excluding hydrogens is 444 g/mol. The van der Waals surface area contributed by atoms with Crippen LogP contribution in [0, 0.1) is 0 Å². The van der Waals surface area contributed by atoms with Gasteiger partial charge in [0.2, 0.25) is 0 Å². The second-order valence-electron chi connectivity index (χ2n) is 11.3. The van der Waals surface area contributed by atoms with Crippen molar-refractivity contribution in [3.8, 4) is 0 Å². The lowest BCUT2D eigenvalue weighted by Gasteiger charge is -2.27. The number of hydrogen-bond donors (Lipinski definition) is 0. The molecule has 0 aliphatic carbocycles. The van der Waals surface area contributed by atoms with Crippen LogP contribution in [-0.4, -0.2) is 22.8 Å². The lowest BCUT2D eigenvalue weighted by molar-refractivity contribution is 0.238. The average molecular weight is 513 g/mol. The van der Waals surface area contributed by atoms with Crippen LogP contribution in [0.4, 0.5) is 0 Å². The lowest BCUT2D eigenvalue weighted by atomic mass is 10.0. The summed E-state index contributed by atoms with van der Waals surface area (Å²) in [4.78, 5) is 0. The van der Waals surface area contributed by atoms with Gasteiger partial charge in [-0.1, -0.05) is 181 Å². The highest BCUT2D eigenvalue weighted by Crippen LogP contribution is 2.25. The first-order valence-corrected chi connectivity index (χ1v) is 18.6. The van der Waals surface area contributed by atoms with Crippen molar-refractivity contribution in [2.75, 3.05) is 14.2 Å². The molecule has 0 radical (unpaired) electrons. The molecule has 0 rings (SSSR count). The standard InChI is InChI=1S/C32H68O2Si/c1-5-7-9-11-13-15-17-19-20-22-24-26-28-30-32-35(33-3,34-4)31-29-27-25-23-21-18-16-14-12-10-8-6-2/h5-32H2,1-4H3. The van der Waals surface area contributed by atoms with E-state index in [1.165, 1.54) is 179 Å². The predicted octanol–water partition coefficient (Wildman–Crippen LogP) is 11.9. The van der Waals surface area contributed by atoms with Gasteiger partial charge in [0.25, 0.3) is 0 Å². The Morgan fingerprint density at radius 1 is 0.314 bits per heavy atom. The quantitative estimate of drug-likeness (QED) is 0.0703. The summed E-state index contributed by atoms with van der Waals surface area (Å²) in [6, 6.07) is 2.38. The van der Waals surface area contributed by atoms with E-state index in [4.69, 9.17) is 8.85 Å². The third-order valence-corrected chi connectivity index (χ3v) is 11.8. The molecule has 0 amide bonds. The number of hydrogen-bond acceptors (Lipinski definition) is 2. The van der Waals surface area contributed by atoms with Crippen LogP contribution in [0.1, 0.15) is 181 Å². The van der Waals surface area contributed by atoms with Gasteiger partial charge in [0.1, 0.15) is 0 Å². The molecule has 3 heteroatoms. The van der Waals surface area contributed by atoms with Gasteiger partial charge in [-0.25, -0.2) is 0 Å². The molecular formula is C32H68O2Si. The highest BCUT2D eigenvalue weighted by Gasteiger charge is 2.33. The molecule has 0 saturated carbocycles. The van der Waals surface area contributed by atoms with Crippen LogP contribution >= 0.6 is 0 Å². The van der Waals surface area contributed by atoms with E-state index in [1.807, 2.05) is 14.2 Å². The SMILES string of the molecule is CCCCCCCCCCCCCCCC[Si](CCCCCCCCCCCCCC)(OC)OC. The minimum Gasteiger partial charge on any atom is -0.398 e. The monoisotopic (exact) mass is 512 g/mol. The van der Waals surface area contributed by atoms with Crippen LogP contribution in [0.15, 0.2) is 0 Å². The fourth-order valence-electron chi connectivity index (χ4n) is 5.44. The van der Waals surface area contributed by atoms with E-state index in [2.05, 4.69) is 13.8 Å². The van der Waals surface area contributed by atoms with Crippen LogP contribution in [0.5, 0.6) is 0 Å². The van der Waals surface area contributed by atoms with E-state index < -0.39 is 8.56 Å². The van der Waals surface area contributed by atoms with Gasteiger partial charge in [-0.15, -0.1) is 0 Å². The van der Waals surface area contributed by atoms with Gasteiger partial charge in [-0.3, -0.25) is 0 Å². The van der Waals surface area contributed by atoms with E-state index in [0.717, 1.165) is 0 Å². The molecule has 0 aromatic heterocycles. The normalized spacial score (nSPS) is 12.0. The van der Waals surface area contributed by atoms with E-state index in [-0.39, 0.29) is 0 Å². The van der Waals surface area contributed by atoms with Gasteiger partial charge >= 0.3 is 8.56 Å². The summed E-state index contributed by atoms with van der Waals surface area (Å²) in [5.41, 5.74) is 0. The van der Waals surface area contributed by atoms with Crippen molar-refractivity contribution in [3.63, 3.8) is 0 Å². The Morgan fingerprint density at radius 2 is 0.514 bits per heavy atom. The fraction of sp³-hybridized carbons (Fsp3) is 1.00. The summed E-state index contributed by atoms with van der Waals surface area (Å²) in [6.07, 6.45) is 36.8.